The number of nitrogens with zero attached hydrogens (tertiary/aromatic N) is 4. The molecule has 0 fully saturated rings. The number of aliphatic hydroxyl groups excluding tert-OH is 1. The predicted molar refractivity (Wildman–Crippen MR) is 101 cm³/mol. The van der Waals surface area contributed by atoms with E-state index in [0.29, 0.717) is 17.1 Å². The van der Waals surface area contributed by atoms with Gasteiger partial charge in [-0.1, -0.05) is 0 Å². The van der Waals surface area contributed by atoms with Crippen molar-refractivity contribution in [3.05, 3.63) is 83.0 Å². The van der Waals surface area contributed by atoms with Gasteiger partial charge in [0.05, 0.1) is 18.4 Å². The molecule has 0 radical (unpaired) electrons. The Bertz CT molecular complexity index is 1190. The van der Waals surface area contributed by atoms with Crippen LogP contribution in [0.5, 0.6) is 5.75 Å². The van der Waals surface area contributed by atoms with Gasteiger partial charge in [0, 0.05) is 0 Å². The van der Waals surface area contributed by atoms with E-state index in [1.807, 2.05) is 0 Å². The summed E-state index contributed by atoms with van der Waals surface area (Å²) in [6.45, 7) is -0.115. The summed E-state index contributed by atoms with van der Waals surface area (Å²) in [6, 6.07) is 11.1. The first-order chi connectivity index (χ1) is 14.0. The third-order valence-electron chi connectivity index (χ3n) is 4.29. The number of fused-ring (bicyclic) bond motifs is 1. The molecular weight excluding hydrogens is 382 g/mol. The molecule has 0 aliphatic carbocycles. The first-order valence-corrected chi connectivity index (χ1v) is 8.77. The summed E-state index contributed by atoms with van der Waals surface area (Å²) >= 11 is 0. The second-order valence-corrected chi connectivity index (χ2v) is 6.39. The highest BCUT2D eigenvalue weighted by Crippen LogP contribution is 2.14. The zero-order chi connectivity index (χ0) is 20.4. The molecule has 1 atom stereocenters. The molecule has 0 saturated heterocycles. The highest BCUT2D eigenvalue weighted by molar-refractivity contribution is 5.74. The average Bonchev–Trinajstić information content (AvgIpc) is 3.15. The van der Waals surface area contributed by atoms with E-state index < -0.39 is 6.10 Å². The molecule has 4 rings (SSSR count). The largest absolute Gasteiger partial charge is 0.491 e. The molecule has 0 spiro atoms. The number of hydrogen-bond donors (Lipinski definition) is 1. The van der Waals surface area contributed by atoms with Crippen LogP contribution in [0.2, 0.25) is 0 Å². The maximum Gasteiger partial charge on any atom is 0.264 e. The highest BCUT2D eigenvalue weighted by Gasteiger charge is 2.14. The van der Waals surface area contributed by atoms with Crippen molar-refractivity contribution < 1.29 is 18.6 Å². The average molecular weight is 398 g/mol. The van der Waals surface area contributed by atoms with E-state index in [4.69, 9.17) is 4.74 Å². The number of aliphatic hydroxyl groups is 1. The smallest absolute Gasteiger partial charge is 0.264 e. The number of hydrogen-bond acceptors (Lipinski definition) is 5. The van der Waals surface area contributed by atoms with E-state index >= 15 is 0 Å². The van der Waals surface area contributed by atoms with Crippen molar-refractivity contribution in [1.82, 2.24) is 19.3 Å². The predicted octanol–water partition coefficient (Wildman–Crippen LogP) is 2.30. The van der Waals surface area contributed by atoms with Crippen LogP contribution in [-0.4, -0.2) is 37.1 Å². The van der Waals surface area contributed by atoms with Gasteiger partial charge in [-0.2, -0.15) is 5.10 Å². The Labute approximate surface area is 163 Å². The van der Waals surface area contributed by atoms with Crippen molar-refractivity contribution in [3.63, 3.8) is 0 Å². The fourth-order valence-electron chi connectivity index (χ4n) is 2.85. The van der Waals surface area contributed by atoms with Crippen LogP contribution in [0, 0.1) is 11.6 Å². The number of benzene rings is 2. The minimum absolute atomic E-state index is 0.0370. The van der Waals surface area contributed by atoms with E-state index in [2.05, 4.69) is 10.1 Å². The molecule has 0 aliphatic rings. The van der Waals surface area contributed by atoms with Gasteiger partial charge in [-0.05, 0) is 48.5 Å². The summed E-state index contributed by atoms with van der Waals surface area (Å²) in [6.07, 6.45) is 1.71. The lowest BCUT2D eigenvalue weighted by Gasteiger charge is -2.13. The van der Waals surface area contributed by atoms with Crippen LogP contribution in [0.15, 0.2) is 65.8 Å². The Hall–Kier alpha value is -3.59. The van der Waals surface area contributed by atoms with Gasteiger partial charge >= 0.3 is 0 Å². The maximum absolute atomic E-state index is 13.1. The summed E-state index contributed by atoms with van der Waals surface area (Å²) in [7, 11) is 0. The molecule has 0 saturated carbocycles. The van der Waals surface area contributed by atoms with Gasteiger partial charge in [-0.15, -0.1) is 0 Å². The molecule has 29 heavy (non-hydrogen) atoms. The van der Waals surface area contributed by atoms with E-state index in [9.17, 15) is 18.7 Å². The van der Waals surface area contributed by atoms with Crippen molar-refractivity contribution in [2.45, 2.75) is 12.6 Å². The van der Waals surface area contributed by atoms with Crippen LogP contribution >= 0.6 is 0 Å². The second kappa shape index (κ2) is 7.80. The zero-order valence-electron chi connectivity index (χ0n) is 15.1. The highest BCUT2D eigenvalue weighted by atomic mass is 19.1. The van der Waals surface area contributed by atoms with Gasteiger partial charge in [-0.25, -0.2) is 18.4 Å². The molecule has 9 heteroatoms. The summed E-state index contributed by atoms with van der Waals surface area (Å²) in [5.74, 6) is -0.352. The Morgan fingerprint density at radius 2 is 1.69 bits per heavy atom. The molecule has 0 bridgehead atoms. The number of rotatable bonds is 6. The van der Waals surface area contributed by atoms with Gasteiger partial charge in [-0.3, -0.25) is 9.36 Å². The van der Waals surface area contributed by atoms with Crippen molar-refractivity contribution in [1.29, 1.82) is 0 Å². The van der Waals surface area contributed by atoms with Crippen molar-refractivity contribution in [3.8, 4) is 11.4 Å². The van der Waals surface area contributed by atoms with Crippen LogP contribution in [0.3, 0.4) is 0 Å². The quantitative estimate of drug-likeness (QED) is 0.539. The minimum Gasteiger partial charge on any atom is -0.491 e. The van der Waals surface area contributed by atoms with Gasteiger partial charge in [0.2, 0.25) is 0 Å². The standard InChI is InChI=1S/C20H16F2N4O3/c21-13-1-5-15(6-2-13)26-19-18(9-24-26)20(28)25(12-23-19)10-16(27)11-29-17-7-3-14(22)4-8-17/h1-9,12,16,27H,10-11H2. The van der Waals surface area contributed by atoms with E-state index in [1.165, 1.54) is 70.3 Å². The molecular formula is C20H16F2N4O3. The van der Waals surface area contributed by atoms with E-state index in [-0.39, 0.29) is 35.7 Å². The summed E-state index contributed by atoms with van der Waals surface area (Å²) in [5, 5.41) is 14.6. The van der Waals surface area contributed by atoms with Crippen LogP contribution in [-0.2, 0) is 6.54 Å². The molecule has 1 unspecified atom stereocenters. The second-order valence-electron chi connectivity index (χ2n) is 6.39. The third kappa shape index (κ3) is 3.99. The summed E-state index contributed by atoms with van der Waals surface area (Å²) < 4.78 is 34.1. The first kappa shape index (κ1) is 18.8. The Balaban J connectivity index is 1.51. The molecule has 2 aromatic heterocycles. The summed E-state index contributed by atoms with van der Waals surface area (Å²) in [4.78, 5) is 16.9. The lowest BCUT2D eigenvalue weighted by atomic mass is 10.3. The fourth-order valence-corrected chi connectivity index (χ4v) is 2.85. The van der Waals surface area contributed by atoms with Crippen molar-refractivity contribution in [2.24, 2.45) is 0 Å². The van der Waals surface area contributed by atoms with E-state index in [1.54, 1.807) is 0 Å². The molecule has 2 aromatic carbocycles. The maximum atomic E-state index is 13.1. The Morgan fingerprint density at radius 3 is 2.38 bits per heavy atom. The van der Waals surface area contributed by atoms with Gasteiger partial charge < -0.3 is 9.84 Å². The monoisotopic (exact) mass is 398 g/mol. The molecule has 7 nitrogen and oxygen atoms in total. The van der Waals surface area contributed by atoms with Crippen LogP contribution in [0.1, 0.15) is 0 Å². The lowest BCUT2D eigenvalue weighted by molar-refractivity contribution is 0.0914. The Morgan fingerprint density at radius 1 is 1.03 bits per heavy atom. The lowest BCUT2D eigenvalue weighted by Crippen LogP contribution is -2.30. The molecule has 4 aromatic rings. The normalized spacial score (nSPS) is 12.2. The van der Waals surface area contributed by atoms with Crippen LogP contribution in [0.25, 0.3) is 16.7 Å². The molecule has 0 aliphatic heterocycles. The van der Waals surface area contributed by atoms with Crippen LogP contribution < -0.4 is 10.3 Å². The van der Waals surface area contributed by atoms with Crippen molar-refractivity contribution >= 4 is 11.0 Å². The number of halogens is 2. The van der Waals surface area contributed by atoms with Crippen molar-refractivity contribution in [2.75, 3.05) is 6.61 Å². The molecule has 1 N–H and O–H groups in total. The zero-order valence-corrected chi connectivity index (χ0v) is 15.1. The number of aromatic nitrogens is 4. The fraction of sp³-hybridized carbons (Fsp3) is 0.150. The van der Waals surface area contributed by atoms with Gasteiger partial charge in [0.25, 0.3) is 5.56 Å². The summed E-state index contributed by atoms with van der Waals surface area (Å²) in [5.41, 5.74) is 0.526. The van der Waals surface area contributed by atoms with Gasteiger partial charge in [0.1, 0.15) is 41.8 Å². The number of ether oxygens (including phenoxy) is 1. The molecule has 0 amide bonds. The molecule has 2 heterocycles. The van der Waals surface area contributed by atoms with Gasteiger partial charge in [0.15, 0.2) is 5.65 Å². The van der Waals surface area contributed by atoms with Crippen LogP contribution in [0.4, 0.5) is 8.78 Å². The Kier molecular flexibility index (Phi) is 5.05. The minimum atomic E-state index is -0.982. The SMILES string of the molecule is O=c1c2cnn(-c3ccc(F)cc3)c2ncn1CC(O)COc1ccc(F)cc1. The topological polar surface area (TPSA) is 82.2 Å². The molecule has 148 valence electrons. The first-order valence-electron chi connectivity index (χ1n) is 8.77. The van der Waals surface area contributed by atoms with E-state index in [0.717, 1.165) is 0 Å². The third-order valence-corrected chi connectivity index (χ3v) is 4.29.